The monoisotopic (exact) mass is 376 g/mol. The summed E-state index contributed by atoms with van der Waals surface area (Å²) in [5.41, 5.74) is -1.90. The summed E-state index contributed by atoms with van der Waals surface area (Å²) < 4.78 is 11.6. The summed E-state index contributed by atoms with van der Waals surface area (Å²) in [5, 5.41) is 23.8. The SMILES string of the molecule is CO[C@@H]1C[C@@H]2[C@H](CC[C@@]3(O)[C@@H]4[C@H](C)C(=O)O[C@@H]4C[C@@]23O)[C@@]2(C)CC[C@@H]3C[C@]312. The van der Waals surface area contributed by atoms with Gasteiger partial charge in [-0.3, -0.25) is 4.79 Å². The zero-order valence-corrected chi connectivity index (χ0v) is 16.6. The minimum Gasteiger partial charge on any atom is -0.462 e. The van der Waals surface area contributed by atoms with Gasteiger partial charge < -0.3 is 19.7 Å². The van der Waals surface area contributed by atoms with Gasteiger partial charge in [-0.25, -0.2) is 0 Å². The Hall–Kier alpha value is -0.650. The van der Waals surface area contributed by atoms with E-state index in [0.717, 1.165) is 18.8 Å². The van der Waals surface area contributed by atoms with Crippen molar-refractivity contribution in [2.75, 3.05) is 7.11 Å². The van der Waals surface area contributed by atoms with Crippen molar-refractivity contribution >= 4 is 5.97 Å². The van der Waals surface area contributed by atoms with Gasteiger partial charge in [0.05, 0.1) is 12.0 Å². The molecular weight excluding hydrogens is 344 g/mol. The number of ether oxygens (including phenoxy) is 2. The molecule has 0 unspecified atom stereocenters. The molecule has 5 aliphatic carbocycles. The smallest absolute Gasteiger partial charge is 0.309 e. The third-order valence-electron chi connectivity index (χ3n) is 10.7. The van der Waals surface area contributed by atoms with Crippen LogP contribution in [-0.2, 0) is 14.3 Å². The van der Waals surface area contributed by atoms with Crippen LogP contribution in [0.1, 0.15) is 58.8 Å². The van der Waals surface area contributed by atoms with Gasteiger partial charge >= 0.3 is 5.97 Å². The molecule has 0 aromatic heterocycles. The summed E-state index contributed by atoms with van der Waals surface area (Å²) in [5.74, 6) is 0.391. The minimum absolute atomic E-state index is 0.0210. The molecule has 5 nitrogen and oxygen atoms in total. The van der Waals surface area contributed by atoms with Gasteiger partial charge in [-0.05, 0) is 61.7 Å². The molecule has 0 bridgehead atoms. The van der Waals surface area contributed by atoms with Crippen molar-refractivity contribution in [1.82, 2.24) is 0 Å². The predicted molar refractivity (Wildman–Crippen MR) is 96.6 cm³/mol. The molecule has 1 saturated heterocycles. The maximum atomic E-state index is 12.1. The molecule has 11 atom stereocenters. The van der Waals surface area contributed by atoms with E-state index >= 15 is 0 Å². The number of fused-ring (bicyclic) bond motifs is 6. The minimum atomic E-state index is -1.22. The lowest BCUT2D eigenvalue weighted by Crippen LogP contribution is -2.68. The molecule has 0 amide bonds. The van der Waals surface area contributed by atoms with Crippen LogP contribution in [0.2, 0.25) is 0 Å². The zero-order valence-electron chi connectivity index (χ0n) is 16.6. The van der Waals surface area contributed by atoms with Gasteiger partial charge in [0.1, 0.15) is 17.3 Å². The van der Waals surface area contributed by atoms with E-state index in [2.05, 4.69) is 6.92 Å². The number of methoxy groups -OCH3 is 1. The van der Waals surface area contributed by atoms with E-state index in [9.17, 15) is 15.0 Å². The van der Waals surface area contributed by atoms with E-state index < -0.39 is 11.2 Å². The largest absolute Gasteiger partial charge is 0.462 e. The van der Waals surface area contributed by atoms with Crippen LogP contribution in [0.3, 0.4) is 0 Å². The maximum absolute atomic E-state index is 12.1. The highest BCUT2D eigenvalue weighted by molar-refractivity contribution is 5.75. The van der Waals surface area contributed by atoms with Crippen molar-refractivity contribution in [3.63, 3.8) is 0 Å². The zero-order chi connectivity index (χ0) is 19.0. The molecule has 150 valence electrons. The van der Waals surface area contributed by atoms with Gasteiger partial charge in [0.2, 0.25) is 0 Å². The summed E-state index contributed by atoms with van der Waals surface area (Å²) in [6.45, 7) is 4.29. The van der Waals surface area contributed by atoms with E-state index in [4.69, 9.17) is 9.47 Å². The fourth-order valence-electron chi connectivity index (χ4n) is 9.50. The van der Waals surface area contributed by atoms with Gasteiger partial charge in [0, 0.05) is 24.9 Å². The van der Waals surface area contributed by atoms with Crippen molar-refractivity contribution in [1.29, 1.82) is 0 Å². The van der Waals surface area contributed by atoms with Crippen LogP contribution in [0.4, 0.5) is 0 Å². The molecule has 1 aliphatic heterocycles. The average molecular weight is 376 g/mol. The number of carbonyl (C=O) groups is 1. The van der Waals surface area contributed by atoms with Gasteiger partial charge in [0.25, 0.3) is 0 Å². The molecule has 1 spiro atoms. The second kappa shape index (κ2) is 4.73. The van der Waals surface area contributed by atoms with Gasteiger partial charge in [-0.2, -0.15) is 0 Å². The normalized spacial score (nSPS) is 65.7. The van der Waals surface area contributed by atoms with Crippen LogP contribution in [0.25, 0.3) is 0 Å². The van der Waals surface area contributed by atoms with E-state index in [1.165, 1.54) is 19.3 Å². The number of hydrogen-bond donors (Lipinski definition) is 2. The van der Waals surface area contributed by atoms with Crippen molar-refractivity contribution in [3.05, 3.63) is 0 Å². The second-order valence-electron chi connectivity index (χ2n) is 11.0. The molecule has 2 N–H and O–H groups in total. The number of rotatable bonds is 1. The first kappa shape index (κ1) is 17.2. The Morgan fingerprint density at radius 1 is 1.11 bits per heavy atom. The molecule has 1 heterocycles. The number of carbonyl (C=O) groups excluding carboxylic acids is 1. The summed E-state index contributed by atoms with van der Waals surface area (Å²) in [7, 11) is 1.82. The lowest BCUT2D eigenvalue weighted by atomic mass is 9.46. The summed E-state index contributed by atoms with van der Waals surface area (Å²) in [4.78, 5) is 12.1. The molecule has 5 saturated carbocycles. The van der Waals surface area contributed by atoms with Crippen LogP contribution < -0.4 is 0 Å². The van der Waals surface area contributed by atoms with E-state index in [1.807, 2.05) is 14.0 Å². The first-order valence-electron chi connectivity index (χ1n) is 10.9. The third-order valence-corrected chi connectivity index (χ3v) is 10.7. The highest BCUT2D eigenvalue weighted by atomic mass is 16.6. The lowest BCUT2D eigenvalue weighted by molar-refractivity contribution is -0.260. The Bertz CT molecular complexity index is 723. The van der Waals surface area contributed by atoms with Gasteiger partial charge in [0.15, 0.2) is 0 Å². The lowest BCUT2D eigenvalue weighted by Gasteiger charge is -2.62. The Balaban J connectivity index is 1.44. The molecule has 5 heteroatoms. The van der Waals surface area contributed by atoms with Crippen molar-refractivity contribution in [2.24, 2.45) is 40.4 Å². The average Bonchev–Trinajstić information content (AvgIpc) is 3.09. The molecule has 6 rings (SSSR count). The maximum Gasteiger partial charge on any atom is 0.309 e. The number of hydrogen-bond acceptors (Lipinski definition) is 5. The molecular formula is C22H32O5. The van der Waals surface area contributed by atoms with Crippen LogP contribution in [-0.4, -0.2) is 46.7 Å². The van der Waals surface area contributed by atoms with Crippen LogP contribution in [0.15, 0.2) is 0 Å². The molecule has 27 heavy (non-hydrogen) atoms. The summed E-state index contributed by atoms with van der Waals surface area (Å²) in [6, 6.07) is 0. The molecule has 0 aromatic rings. The Morgan fingerprint density at radius 3 is 2.59 bits per heavy atom. The molecule has 0 radical (unpaired) electrons. The fraction of sp³-hybridized carbons (Fsp3) is 0.955. The highest BCUT2D eigenvalue weighted by Gasteiger charge is 2.81. The Kier molecular flexibility index (Phi) is 3.02. The molecule has 6 fully saturated rings. The Labute approximate surface area is 160 Å². The fourth-order valence-corrected chi connectivity index (χ4v) is 9.50. The molecule has 0 aromatic carbocycles. The van der Waals surface area contributed by atoms with Gasteiger partial charge in [-0.1, -0.05) is 13.8 Å². The van der Waals surface area contributed by atoms with Crippen molar-refractivity contribution < 1.29 is 24.5 Å². The van der Waals surface area contributed by atoms with Crippen LogP contribution in [0.5, 0.6) is 0 Å². The number of esters is 1. The predicted octanol–water partition coefficient (Wildman–Crippen LogP) is 2.28. The summed E-state index contributed by atoms with van der Waals surface area (Å²) in [6.07, 6.45) is 6.32. The number of aliphatic hydroxyl groups is 2. The van der Waals surface area contributed by atoms with E-state index in [0.29, 0.717) is 24.2 Å². The highest BCUT2D eigenvalue weighted by Crippen LogP contribution is 2.82. The van der Waals surface area contributed by atoms with Crippen LogP contribution in [0, 0.1) is 40.4 Å². The van der Waals surface area contributed by atoms with Crippen molar-refractivity contribution in [2.45, 2.75) is 82.2 Å². The topological polar surface area (TPSA) is 76.0 Å². The van der Waals surface area contributed by atoms with Crippen molar-refractivity contribution in [3.8, 4) is 0 Å². The first-order valence-corrected chi connectivity index (χ1v) is 10.9. The van der Waals surface area contributed by atoms with Gasteiger partial charge in [-0.15, -0.1) is 0 Å². The standard InChI is InChI=1S/C22H32O5/c1-11-17-15(27-18(11)23)10-22(25)14-8-16(26-3)20-9-12(20)4-6-19(20,2)13(14)5-7-21(17,22)24/h11-17,24-25H,4-10H2,1-3H3/t11-,12+,13-,14+,15+,16+,17+,19+,20-,21+,22+/m0/s1. The quantitative estimate of drug-likeness (QED) is 0.687. The van der Waals surface area contributed by atoms with E-state index in [1.54, 1.807) is 0 Å². The molecule has 6 aliphatic rings. The third kappa shape index (κ3) is 1.59. The second-order valence-corrected chi connectivity index (χ2v) is 11.0. The first-order chi connectivity index (χ1) is 12.7. The summed E-state index contributed by atoms with van der Waals surface area (Å²) >= 11 is 0. The Morgan fingerprint density at radius 2 is 1.89 bits per heavy atom. The van der Waals surface area contributed by atoms with E-state index in [-0.39, 0.29) is 41.3 Å². The van der Waals surface area contributed by atoms with Crippen LogP contribution >= 0.6 is 0 Å².